The fraction of sp³-hybridized carbons (Fsp3) is 0.429. The number of ether oxygens (including phenoxy) is 1. The molecule has 8 nitrogen and oxygen atoms in total. The fourth-order valence-corrected chi connectivity index (χ4v) is 4.56. The Morgan fingerprint density at radius 1 is 1.21 bits per heavy atom. The van der Waals surface area contributed by atoms with Gasteiger partial charge in [0.2, 0.25) is 5.91 Å². The minimum atomic E-state index is -0.467. The highest BCUT2D eigenvalue weighted by Crippen LogP contribution is 2.43. The van der Waals surface area contributed by atoms with E-state index in [9.17, 15) is 14.4 Å². The number of rotatable bonds is 3. The second-order valence-electron chi connectivity index (χ2n) is 7.56. The van der Waals surface area contributed by atoms with Gasteiger partial charge in [-0.1, -0.05) is 35.5 Å². The Kier molecular flexibility index (Phi) is 4.86. The summed E-state index contributed by atoms with van der Waals surface area (Å²) in [6.07, 6.45) is 0.448. The van der Waals surface area contributed by atoms with Gasteiger partial charge in [0.05, 0.1) is 30.8 Å². The largest absolute Gasteiger partial charge is 0.469 e. The summed E-state index contributed by atoms with van der Waals surface area (Å²) in [7, 11) is 1.36. The molecule has 3 heterocycles. The molecule has 2 aliphatic rings. The van der Waals surface area contributed by atoms with E-state index in [1.807, 2.05) is 30.3 Å². The number of hydrogen-bond donors (Lipinski definition) is 0. The normalized spacial score (nSPS) is 23.8. The molecule has 4 rings (SSSR count). The lowest BCUT2D eigenvalue weighted by Gasteiger charge is -2.40. The highest BCUT2D eigenvalue weighted by atomic mass is 16.5. The Morgan fingerprint density at radius 3 is 2.55 bits per heavy atom. The Balaban J connectivity index is 1.64. The van der Waals surface area contributed by atoms with Crippen molar-refractivity contribution in [2.75, 3.05) is 20.2 Å². The van der Waals surface area contributed by atoms with Gasteiger partial charge in [-0.2, -0.15) is 0 Å². The van der Waals surface area contributed by atoms with Crippen molar-refractivity contribution in [3.8, 4) is 0 Å². The van der Waals surface area contributed by atoms with E-state index in [-0.39, 0.29) is 30.4 Å². The number of piperazine rings is 1. The van der Waals surface area contributed by atoms with Crippen molar-refractivity contribution in [3.63, 3.8) is 0 Å². The summed E-state index contributed by atoms with van der Waals surface area (Å²) in [5, 5.41) is 3.84. The van der Waals surface area contributed by atoms with Crippen LogP contribution in [-0.2, 0) is 14.3 Å². The van der Waals surface area contributed by atoms with Crippen molar-refractivity contribution in [2.24, 2.45) is 5.92 Å². The van der Waals surface area contributed by atoms with E-state index in [1.165, 1.54) is 12.0 Å². The Hall–Kier alpha value is -3.16. The number of hydrogen-bond acceptors (Lipinski definition) is 6. The van der Waals surface area contributed by atoms with E-state index in [1.54, 1.807) is 18.7 Å². The molecule has 0 bridgehead atoms. The molecule has 0 spiro atoms. The van der Waals surface area contributed by atoms with Gasteiger partial charge in [0.1, 0.15) is 17.9 Å². The summed E-state index contributed by atoms with van der Waals surface area (Å²) in [5.41, 5.74) is 1.79. The van der Waals surface area contributed by atoms with Crippen LogP contribution in [0.2, 0.25) is 0 Å². The lowest BCUT2D eigenvalue weighted by atomic mass is 9.93. The molecular weight excluding hydrogens is 374 g/mol. The van der Waals surface area contributed by atoms with E-state index >= 15 is 0 Å². The summed E-state index contributed by atoms with van der Waals surface area (Å²) in [4.78, 5) is 41.9. The number of methoxy groups -OCH3 is 1. The van der Waals surface area contributed by atoms with Gasteiger partial charge in [-0.25, -0.2) is 0 Å². The van der Waals surface area contributed by atoms with Crippen molar-refractivity contribution in [2.45, 2.75) is 32.4 Å². The number of carbonyl (C=O) groups excluding carboxylic acids is 3. The molecular formula is C21H23N3O5. The number of aryl methyl sites for hydroxylation is 2. The maximum absolute atomic E-state index is 13.1. The van der Waals surface area contributed by atoms with Crippen LogP contribution in [0.3, 0.4) is 0 Å². The molecule has 0 N–H and O–H groups in total. The average Bonchev–Trinajstić information content (AvgIpc) is 3.27. The highest BCUT2D eigenvalue weighted by Gasteiger charge is 2.51. The quantitative estimate of drug-likeness (QED) is 0.734. The van der Waals surface area contributed by atoms with Crippen LogP contribution < -0.4 is 0 Å². The first-order valence-electron chi connectivity index (χ1n) is 9.58. The maximum atomic E-state index is 13.1. The minimum Gasteiger partial charge on any atom is -0.469 e. The Labute approximate surface area is 168 Å². The van der Waals surface area contributed by atoms with E-state index < -0.39 is 12.0 Å². The monoisotopic (exact) mass is 397 g/mol. The predicted octanol–water partition coefficient (Wildman–Crippen LogP) is 1.88. The first-order valence-corrected chi connectivity index (χ1v) is 9.58. The smallest absolute Gasteiger partial charge is 0.311 e. The second-order valence-corrected chi connectivity index (χ2v) is 7.56. The van der Waals surface area contributed by atoms with Crippen LogP contribution in [0, 0.1) is 19.8 Å². The number of carbonyl (C=O) groups is 3. The van der Waals surface area contributed by atoms with Gasteiger partial charge in [-0.15, -0.1) is 0 Å². The summed E-state index contributed by atoms with van der Waals surface area (Å²) in [6, 6.07) is 8.85. The average molecular weight is 397 g/mol. The third-order valence-electron chi connectivity index (χ3n) is 5.82. The molecule has 2 amide bonds. The molecule has 1 aromatic heterocycles. The van der Waals surface area contributed by atoms with Crippen LogP contribution in [-0.4, -0.2) is 59.0 Å². The Morgan fingerprint density at radius 2 is 1.93 bits per heavy atom. The third-order valence-corrected chi connectivity index (χ3v) is 5.82. The topological polar surface area (TPSA) is 93.0 Å². The molecule has 2 saturated heterocycles. The van der Waals surface area contributed by atoms with E-state index in [0.717, 1.165) is 5.56 Å². The van der Waals surface area contributed by atoms with Gasteiger partial charge in [0.15, 0.2) is 0 Å². The van der Waals surface area contributed by atoms with Gasteiger partial charge in [0.25, 0.3) is 5.91 Å². The molecule has 2 aliphatic heterocycles. The number of aromatic nitrogens is 1. The standard InChI is InChI=1S/C21H23N3O5/c1-12-18(13(2)29-22-12)20(26)23-10-15-9-16(21(27)28-3)19(24(15)17(25)11-23)14-7-5-4-6-8-14/h4-8,15-16,19H,9-11H2,1-3H3/t15-,16-,19-/m0/s1. The molecule has 0 radical (unpaired) electrons. The summed E-state index contributed by atoms with van der Waals surface area (Å²) >= 11 is 0. The number of amides is 2. The van der Waals surface area contributed by atoms with Gasteiger partial charge in [-0.05, 0) is 25.8 Å². The molecule has 0 unspecified atom stereocenters. The van der Waals surface area contributed by atoms with Crippen LogP contribution in [0.4, 0.5) is 0 Å². The molecule has 3 atom stereocenters. The third kappa shape index (κ3) is 3.18. The van der Waals surface area contributed by atoms with Crippen LogP contribution in [0.15, 0.2) is 34.9 Å². The van der Waals surface area contributed by atoms with Crippen molar-refractivity contribution in [3.05, 3.63) is 52.9 Å². The first kappa shape index (κ1) is 19.2. The zero-order valence-corrected chi connectivity index (χ0v) is 16.6. The van der Waals surface area contributed by atoms with Gasteiger partial charge in [-0.3, -0.25) is 14.4 Å². The highest BCUT2D eigenvalue weighted by molar-refractivity contribution is 5.99. The van der Waals surface area contributed by atoms with Crippen LogP contribution in [0.25, 0.3) is 0 Å². The van der Waals surface area contributed by atoms with E-state index in [0.29, 0.717) is 30.0 Å². The van der Waals surface area contributed by atoms with Gasteiger partial charge < -0.3 is 19.1 Å². The van der Waals surface area contributed by atoms with Gasteiger partial charge >= 0.3 is 5.97 Å². The van der Waals surface area contributed by atoms with Crippen molar-refractivity contribution >= 4 is 17.8 Å². The summed E-state index contributed by atoms with van der Waals surface area (Å²) in [5.74, 6) is -0.827. The van der Waals surface area contributed by atoms with Crippen molar-refractivity contribution in [1.82, 2.24) is 15.0 Å². The van der Waals surface area contributed by atoms with Crippen LogP contribution in [0.5, 0.6) is 0 Å². The van der Waals surface area contributed by atoms with Crippen molar-refractivity contribution < 1.29 is 23.6 Å². The predicted molar refractivity (Wildman–Crippen MR) is 102 cm³/mol. The molecule has 2 aromatic rings. The molecule has 0 saturated carbocycles. The van der Waals surface area contributed by atoms with E-state index in [2.05, 4.69) is 5.16 Å². The maximum Gasteiger partial charge on any atom is 0.311 e. The number of benzene rings is 1. The van der Waals surface area contributed by atoms with Crippen molar-refractivity contribution in [1.29, 1.82) is 0 Å². The second kappa shape index (κ2) is 7.35. The molecule has 0 aliphatic carbocycles. The van der Waals surface area contributed by atoms with E-state index in [4.69, 9.17) is 9.26 Å². The molecule has 8 heteroatoms. The number of nitrogens with zero attached hydrogens (tertiary/aromatic N) is 3. The minimum absolute atomic E-state index is 0.0450. The SMILES string of the molecule is COC(=O)[C@H]1C[C@H]2CN(C(=O)c3c(C)noc3C)CC(=O)N2[C@H]1c1ccccc1. The lowest BCUT2D eigenvalue weighted by molar-refractivity contribution is -0.147. The Bertz CT molecular complexity index is 935. The first-order chi connectivity index (χ1) is 13.9. The summed E-state index contributed by atoms with van der Waals surface area (Å²) < 4.78 is 10.1. The molecule has 152 valence electrons. The number of fused-ring (bicyclic) bond motifs is 1. The number of esters is 1. The summed E-state index contributed by atoms with van der Waals surface area (Å²) in [6.45, 7) is 3.69. The zero-order chi connectivity index (χ0) is 20.7. The fourth-order valence-electron chi connectivity index (χ4n) is 4.56. The molecule has 29 heavy (non-hydrogen) atoms. The molecule has 2 fully saturated rings. The van der Waals surface area contributed by atoms with Crippen LogP contribution >= 0.6 is 0 Å². The van der Waals surface area contributed by atoms with Gasteiger partial charge in [0, 0.05) is 6.54 Å². The zero-order valence-electron chi connectivity index (χ0n) is 16.6. The lowest BCUT2D eigenvalue weighted by Crippen LogP contribution is -2.56. The van der Waals surface area contributed by atoms with Crippen LogP contribution in [0.1, 0.15) is 39.8 Å². The molecule has 1 aromatic carbocycles.